The normalized spacial score (nSPS) is 12.6. The number of hydrogen-bond acceptors (Lipinski definition) is 2. The summed E-state index contributed by atoms with van der Waals surface area (Å²) in [4.78, 5) is 0. The summed E-state index contributed by atoms with van der Waals surface area (Å²) in [5.74, 6) is 0.236. The second kappa shape index (κ2) is 2.88. The molecule has 0 aliphatic rings. The Kier molecular flexibility index (Phi) is 2.73. The Bertz CT molecular complexity index is 108. The molecule has 0 fully saturated rings. The fourth-order valence-corrected chi connectivity index (χ4v) is 0.195. The summed E-state index contributed by atoms with van der Waals surface area (Å²) in [5.41, 5.74) is 0. The van der Waals surface area contributed by atoms with Crippen molar-refractivity contribution in [2.75, 3.05) is 0 Å². The Morgan fingerprint density at radius 3 is 1.78 bits per heavy atom. The molecular formula is C3H4BF3O2. The highest BCUT2D eigenvalue weighted by Gasteiger charge is 2.22. The Morgan fingerprint density at radius 2 is 1.67 bits per heavy atom. The maximum Gasteiger partial charge on any atom is 0.480 e. The molecule has 9 heavy (non-hydrogen) atoms. The van der Waals surface area contributed by atoms with Gasteiger partial charge in [-0.1, -0.05) is 0 Å². The fraction of sp³-hybridized carbons (Fsp3) is 0.333. The molecule has 0 atom stereocenters. The lowest BCUT2D eigenvalue weighted by atomic mass is 9.92. The van der Waals surface area contributed by atoms with E-state index in [-0.39, 0.29) is 12.1 Å². The first-order valence-corrected chi connectivity index (χ1v) is 2.04. The Balaban J connectivity index is 3.71. The average Bonchev–Trinajstić information content (AvgIpc) is 1.59. The van der Waals surface area contributed by atoms with Gasteiger partial charge in [-0.25, -0.2) is 0 Å². The molecular weight excluding hydrogens is 136 g/mol. The molecule has 0 aliphatic heterocycles. The van der Waals surface area contributed by atoms with Gasteiger partial charge in [0.1, 0.15) is 0 Å². The van der Waals surface area contributed by atoms with Gasteiger partial charge >= 0.3 is 13.3 Å². The quantitative estimate of drug-likeness (QED) is 0.507. The predicted octanol–water partition coefficient (Wildman–Crippen LogP) is 0.117. The van der Waals surface area contributed by atoms with Crippen LogP contribution in [0.4, 0.5) is 13.2 Å². The van der Waals surface area contributed by atoms with Gasteiger partial charge in [-0.3, -0.25) is 0 Å². The number of allylic oxidation sites excluding steroid dienone is 1. The molecule has 0 aliphatic carbocycles. The highest BCUT2D eigenvalue weighted by atomic mass is 19.4. The first kappa shape index (κ1) is 8.51. The molecule has 0 amide bonds. The molecule has 0 bridgehead atoms. The van der Waals surface area contributed by atoms with Crippen LogP contribution in [-0.4, -0.2) is 23.3 Å². The van der Waals surface area contributed by atoms with E-state index < -0.39 is 13.3 Å². The van der Waals surface area contributed by atoms with E-state index in [1.54, 1.807) is 0 Å². The van der Waals surface area contributed by atoms with Crippen molar-refractivity contribution < 1.29 is 23.2 Å². The SMILES string of the molecule is OB(O)C=CC(F)(F)F. The third kappa shape index (κ3) is 7.51. The summed E-state index contributed by atoms with van der Waals surface area (Å²) < 4.78 is 33.3. The zero-order valence-electron chi connectivity index (χ0n) is 4.26. The van der Waals surface area contributed by atoms with Gasteiger partial charge in [-0.05, 0) is 5.98 Å². The van der Waals surface area contributed by atoms with Crippen LogP contribution in [0.1, 0.15) is 0 Å². The summed E-state index contributed by atoms with van der Waals surface area (Å²) in [6, 6.07) is 0. The van der Waals surface area contributed by atoms with Crippen molar-refractivity contribution in [1.29, 1.82) is 0 Å². The van der Waals surface area contributed by atoms with Crippen molar-refractivity contribution in [2.24, 2.45) is 0 Å². The van der Waals surface area contributed by atoms with Crippen LogP contribution in [0.15, 0.2) is 12.1 Å². The first-order valence-electron chi connectivity index (χ1n) is 2.04. The van der Waals surface area contributed by atoms with Gasteiger partial charge in [0.05, 0.1) is 0 Å². The zero-order chi connectivity index (χ0) is 7.49. The molecule has 0 aromatic carbocycles. The molecule has 2 N–H and O–H groups in total. The second-order valence-corrected chi connectivity index (χ2v) is 1.31. The van der Waals surface area contributed by atoms with Crippen LogP contribution in [0.3, 0.4) is 0 Å². The van der Waals surface area contributed by atoms with Gasteiger partial charge in [0, 0.05) is 6.08 Å². The standard InChI is InChI=1S/C3H4BF3O2/c5-3(6,7)1-2-4(8)9/h1-2,8-9H. The van der Waals surface area contributed by atoms with Crippen molar-refractivity contribution in [3.05, 3.63) is 12.1 Å². The van der Waals surface area contributed by atoms with Gasteiger partial charge in [-0.15, -0.1) is 0 Å². The van der Waals surface area contributed by atoms with Crippen LogP contribution in [0.25, 0.3) is 0 Å². The molecule has 0 spiro atoms. The molecule has 2 nitrogen and oxygen atoms in total. The topological polar surface area (TPSA) is 40.5 Å². The molecule has 0 radical (unpaired) electrons. The Morgan fingerprint density at radius 1 is 1.22 bits per heavy atom. The molecule has 0 aromatic rings. The lowest BCUT2D eigenvalue weighted by Crippen LogP contribution is -2.10. The van der Waals surface area contributed by atoms with E-state index in [2.05, 4.69) is 0 Å². The maximum atomic E-state index is 11.1. The van der Waals surface area contributed by atoms with E-state index in [0.717, 1.165) is 0 Å². The second-order valence-electron chi connectivity index (χ2n) is 1.31. The molecule has 0 saturated heterocycles. The summed E-state index contributed by atoms with van der Waals surface area (Å²) >= 11 is 0. The van der Waals surface area contributed by atoms with E-state index in [9.17, 15) is 13.2 Å². The minimum atomic E-state index is -4.47. The summed E-state index contributed by atoms with van der Waals surface area (Å²) in [5, 5.41) is 15.8. The van der Waals surface area contributed by atoms with Gasteiger partial charge < -0.3 is 10.0 Å². The van der Waals surface area contributed by atoms with E-state index in [1.807, 2.05) is 0 Å². The lowest BCUT2D eigenvalue weighted by Gasteiger charge is -1.95. The Hall–Kier alpha value is -0.485. The number of halogens is 3. The van der Waals surface area contributed by atoms with Crippen LogP contribution in [0.5, 0.6) is 0 Å². The third-order valence-electron chi connectivity index (χ3n) is 0.457. The van der Waals surface area contributed by atoms with Gasteiger partial charge in [-0.2, -0.15) is 13.2 Å². The minimum absolute atomic E-state index is 0.236. The van der Waals surface area contributed by atoms with Crippen molar-refractivity contribution in [1.82, 2.24) is 0 Å². The van der Waals surface area contributed by atoms with Crippen LogP contribution >= 0.6 is 0 Å². The highest BCUT2D eigenvalue weighted by molar-refractivity contribution is 6.47. The van der Waals surface area contributed by atoms with Crippen molar-refractivity contribution >= 4 is 7.12 Å². The monoisotopic (exact) mass is 140 g/mol. The largest absolute Gasteiger partial charge is 0.480 e. The molecule has 52 valence electrons. The number of hydrogen-bond donors (Lipinski definition) is 2. The molecule has 0 rings (SSSR count). The summed E-state index contributed by atoms with van der Waals surface area (Å²) in [6.45, 7) is 0. The van der Waals surface area contributed by atoms with Crippen molar-refractivity contribution in [2.45, 2.75) is 6.18 Å². The van der Waals surface area contributed by atoms with E-state index in [1.165, 1.54) is 0 Å². The maximum absolute atomic E-state index is 11.1. The van der Waals surface area contributed by atoms with E-state index in [4.69, 9.17) is 10.0 Å². The average molecular weight is 140 g/mol. The summed E-state index contributed by atoms with van der Waals surface area (Å²) in [6.07, 6.45) is -4.71. The molecule has 0 unspecified atom stereocenters. The van der Waals surface area contributed by atoms with Crippen molar-refractivity contribution in [3.63, 3.8) is 0 Å². The van der Waals surface area contributed by atoms with Gasteiger partial charge in [0.2, 0.25) is 0 Å². The smallest absolute Gasteiger partial charge is 0.424 e. The third-order valence-corrected chi connectivity index (χ3v) is 0.457. The lowest BCUT2D eigenvalue weighted by molar-refractivity contribution is -0.0798. The number of alkyl halides is 3. The fourth-order valence-electron chi connectivity index (χ4n) is 0.195. The first-order chi connectivity index (χ1) is 3.92. The number of rotatable bonds is 1. The molecule has 0 heterocycles. The Labute approximate surface area is 49.8 Å². The minimum Gasteiger partial charge on any atom is -0.424 e. The highest BCUT2D eigenvalue weighted by Crippen LogP contribution is 2.15. The van der Waals surface area contributed by atoms with Crippen LogP contribution in [0.2, 0.25) is 0 Å². The zero-order valence-corrected chi connectivity index (χ0v) is 4.26. The van der Waals surface area contributed by atoms with Crippen LogP contribution < -0.4 is 0 Å². The van der Waals surface area contributed by atoms with Gasteiger partial charge in [0.15, 0.2) is 0 Å². The van der Waals surface area contributed by atoms with E-state index in [0.29, 0.717) is 0 Å². The molecule has 6 heteroatoms. The molecule has 0 aromatic heterocycles. The van der Waals surface area contributed by atoms with Gasteiger partial charge in [0.25, 0.3) is 0 Å². The predicted molar refractivity (Wildman–Crippen MR) is 25.4 cm³/mol. The van der Waals surface area contributed by atoms with E-state index >= 15 is 0 Å². The van der Waals surface area contributed by atoms with Crippen LogP contribution in [0, 0.1) is 0 Å². The van der Waals surface area contributed by atoms with Crippen LogP contribution in [-0.2, 0) is 0 Å². The van der Waals surface area contributed by atoms with Crippen molar-refractivity contribution in [3.8, 4) is 0 Å². The summed E-state index contributed by atoms with van der Waals surface area (Å²) in [7, 11) is -2.04. The molecule has 0 saturated carbocycles.